The first-order valence-corrected chi connectivity index (χ1v) is 8.35. The van der Waals surface area contributed by atoms with E-state index in [1.165, 1.54) is 0 Å². The molecular weight excluding hydrogens is 318 g/mol. The Morgan fingerprint density at radius 3 is 2.16 bits per heavy atom. The molecule has 0 saturated heterocycles. The maximum atomic E-state index is 12.0. The largest absolute Gasteiger partial charge is 0.508 e. The van der Waals surface area contributed by atoms with Gasteiger partial charge in [-0.3, -0.25) is 4.79 Å². The van der Waals surface area contributed by atoms with Crippen molar-refractivity contribution >= 4 is 11.9 Å². The van der Waals surface area contributed by atoms with Crippen LogP contribution in [-0.4, -0.2) is 29.6 Å². The number of benzene rings is 2. The number of aromatic hydroxyl groups is 1. The van der Waals surface area contributed by atoms with Crippen LogP contribution in [0.4, 0.5) is 0 Å². The highest BCUT2D eigenvalue weighted by atomic mass is 16.5. The van der Waals surface area contributed by atoms with E-state index in [1.54, 1.807) is 48.5 Å². The lowest BCUT2D eigenvalue weighted by molar-refractivity contribution is -0.124. The molecule has 1 amide bonds. The van der Waals surface area contributed by atoms with Crippen molar-refractivity contribution in [2.75, 3.05) is 6.61 Å². The van der Waals surface area contributed by atoms with Gasteiger partial charge in [-0.1, -0.05) is 37.6 Å². The Bertz CT molecular complexity index is 707. The number of nitrogens with one attached hydrogen (secondary N) is 1. The molecule has 0 fully saturated rings. The van der Waals surface area contributed by atoms with Crippen molar-refractivity contribution in [1.82, 2.24) is 5.32 Å². The molecular formula is C20H23NO4. The van der Waals surface area contributed by atoms with Gasteiger partial charge in [-0.25, -0.2) is 4.79 Å². The van der Waals surface area contributed by atoms with Crippen molar-refractivity contribution in [2.45, 2.75) is 32.7 Å². The van der Waals surface area contributed by atoms with Crippen molar-refractivity contribution < 1.29 is 19.4 Å². The molecule has 0 heterocycles. The third kappa shape index (κ3) is 5.64. The SMILES string of the molecule is CCC[C@H](C)NC(=O)COC(=O)c1ccc(-c2ccc(O)cc2)cc1. The van der Waals surface area contributed by atoms with Crippen LogP contribution in [0.3, 0.4) is 0 Å². The van der Waals surface area contributed by atoms with Crippen molar-refractivity contribution in [1.29, 1.82) is 0 Å². The Labute approximate surface area is 147 Å². The topological polar surface area (TPSA) is 75.6 Å². The van der Waals surface area contributed by atoms with E-state index in [2.05, 4.69) is 5.32 Å². The second-order valence-corrected chi connectivity index (χ2v) is 5.96. The van der Waals surface area contributed by atoms with Crippen LogP contribution in [-0.2, 0) is 9.53 Å². The zero-order chi connectivity index (χ0) is 18.2. The molecule has 5 nitrogen and oxygen atoms in total. The number of ether oxygens (including phenoxy) is 1. The van der Waals surface area contributed by atoms with Crippen LogP contribution in [0.25, 0.3) is 11.1 Å². The van der Waals surface area contributed by atoms with Gasteiger partial charge >= 0.3 is 5.97 Å². The molecule has 5 heteroatoms. The number of phenols is 1. The minimum Gasteiger partial charge on any atom is -0.508 e. The maximum absolute atomic E-state index is 12.0. The van der Waals surface area contributed by atoms with Gasteiger partial charge in [-0.05, 0) is 48.7 Å². The summed E-state index contributed by atoms with van der Waals surface area (Å²) in [5.74, 6) is -0.624. The lowest BCUT2D eigenvalue weighted by Gasteiger charge is -2.12. The highest BCUT2D eigenvalue weighted by molar-refractivity contribution is 5.91. The second kappa shape index (κ2) is 8.87. The normalized spacial score (nSPS) is 11.6. The van der Waals surface area contributed by atoms with Crippen molar-refractivity contribution in [3.63, 3.8) is 0 Å². The molecule has 0 spiro atoms. The highest BCUT2D eigenvalue weighted by Gasteiger charge is 2.12. The van der Waals surface area contributed by atoms with E-state index in [0.717, 1.165) is 24.0 Å². The zero-order valence-electron chi connectivity index (χ0n) is 14.5. The summed E-state index contributed by atoms with van der Waals surface area (Å²) in [6.45, 7) is 3.68. The lowest BCUT2D eigenvalue weighted by atomic mass is 10.0. The van der Waals surface area contributed by atoms with Gasteiger partial charge in [0.05, 0.1) is 5.56 Å². The molecule has 1 atom stereocenters. The fraction of sp³-hybridized carbons (Fsp3) is 0.300. The Morgan fingerprint density at radius 1 is 1.04 bits per heavy atom. The van der Waals surface area contributed by atoms with E-state index in [1.807, 2.05) is 13.8 Å². The Morgan fingerprint density at radius 2 is 1.60 bits per heavy atom. The summed E-state index contributed by atoms with van der Waals surface area (Å²) < 4.78 is 5.05. The Hall–Kier alpha value is -2.82. The molecule has 2 rings (SSSR count). The van der Waals surface area contributed by atoms with E-state index in [4.69, 9.17) is 4.74 Å². The van der Waals surface area contributed by atoms with Gasteiger partial charge in [0.15, 0.2) is 6.61 Å². The molecule has 2 aromatic rings. The van der Waals surface area contributed by atoms with E-state index in [-0.39, 0.29) is 24.3 Å². The average Bonchev–Trinajstić information content (AvgIpc) is 2.60. The molecule has 2 aromatic carbocycles. The summed E-state index contributed by atoms with van der Waals surface area (Å²) in [4.78, 5) is 23.7. The summed E-state index contributed by atoms with van der Waals surface area (Å²) in [5, 5.41) is 12.1. The van der Waals surface area contributed by atoms with Crippen molar-refractivity contribution in [3.8, 4) is 16.9 Å². The second-order valence-electron chi connectivity index (χ2n) is 5.96. The van der Waals surface area contributed by atoms with Crippen LogP contribution >= 0.6 is 0 Å². The average molecular weight is 341 g/mol. The number of hydrogen-bond donors (Lipinski definition) is 2. The third-order valence-electron chi connectivity index (χ3n) is 3.78. The van der Waals surface area contributed by atoms with Gasteiger partial charge in [0, 0.05) is 6.04 Å². The minimum atomic E-state index is -0.532. The monoisotopic (exact) mass is 341 g/mol. The predicted octanol–water partition coefficient (Wildman–Crippen LogP) is 3.52. The number of carbonyl (C=O) groups excluding carboxylic acids is 2. The molecule has 0 aliphatic carbocycles. The lowest BCUT2D eigenvalue weighted by Crippen LogP contribution is -2.35. The van der Waals surface area contributed by atoms with Gasteiger partial charge in [0.2, 0.25) is 0 Å². The zero-order valence-corrected chi connectivity index (χ0v) is 14.5. The van der Waals surface area contributed by atoms with Crippen LogP contribution in [0.2, 0.25) is 0 Å². The number of hydrogen-bond acceptors (Lipinski definition) is 4. The summed E-state index contributed by atoms with van der Waals surface area (Å²) in [6.07, 6.45) is 1.87. The molecule has 0 aliphatic heterocycles. The molecule has 0 aliphatic rings. The van der Waals surface area contributed by atoms with Crippen molar-refractivity contribution in [2.24, 2.45) is 0 Å². The predicted molar refractivity (Wildman–Crippen MR) is 96.3 cm³/mol. The molecule has 0 radical (unpaired) electrons. The number of rotatable bonds is 7. The maximum Gasteiger partial charge on any atom is 0.338 e. The number of amides is 1. The molecule has 0 bridgehead atoms. The summed E-state index contributed by atoms with van der Waals surface area (Å²) in [7, 11) is 0. The molecule has 132 valence electrons. The first-order valence-electron chi connectivity index (χ1n) is 8.35. The van der Waals surface area contributed by atoms with Crippen LogP contribution in [0.1, 0.15) is 37.0 Å². The first kappa shape index (κ1) is 18.5. The molecule has 0 saturated carbocycles. The fourth-order valence-electron chi connectivity index (χ4n) is 2.49. The van der Waals surface area contributed by atoms with Crippen LogP contribution in [0, 0.1) is 0 Å². The first-order chi connectivity index (χ1) is 12.0. The van der Waals surface area contributed by atoms with Gasteiger partial charge in [-0.2, -0.15) is 0 Å². The number of carbonyl (C=O) groups is 2. The number of esters is 1. The molecule has 0 aromatic heterocycles. The molecule has 0 unspecified atom stereocenters. The minimum absolute atomic E-state index is 0.0702. The van der Waals surface area contributed by atoms with Gasteiger partial charge in [-0.15, -0.1) is 0 Å². The Balaban J connectivity index is 1.90. The molecule has 25 heavy (non-hydrogen) atoms. The quantitative estimate of drug-likeness (QED) is 0.756. The van der Waals surface area contributed by atoms with Crippen molar-refractivity contribution in [3.05, 3.63) is 54.1 Å². The molecule has 2 N–H and O–H groups in total. The Kier molecular flexibility index (Phi) is 6.57. The van der Waals surface area contributed by atoms with E-state index in [9.17, 15) is 14.7 Å². The van der Waals surface area contributed by atoms with Gasteiger partial charge < -0.3 is 15.2 Å². The van der Waals surface area contributed by atoms with E-state index >= 15 is 0 Å². The number of phenolic OH excluding ortho intramolecular Hbond substituents is 1. The highest BCUT2D eigenvalue weighted by Crippen LogP contribution is 2.22. The van der Waals surface area contributed by atoms with Crippen LogP contribution < -0.4 is 5.32 Å². The summed E-state index contributed by atoms with van der Waals surface area (Å²) >= 11 is 0. The van der Waals surface area contributed by atoms with Crippen LogP contribution in [0.15, 0.2) is 48.5 Å². The third-order valence-corrected chi connectivity index (χ3v) is 3.78. The van der Waals surface area contributed by atoms with E-state index < -0.39 is 5.97 Å². The fourth-order valence-corrected chi connectivity index (χ4v) is 2.49. The standard InChI is InChI=1S/C20H23NO4/c1-3-4-14(2)21-19(23)13-25-20(24)17-7-5-15(6-8-17)16-9-11-18(22)12-10-16/h5-12,14,22H,3-4,13H2,1-2H3,(H,21,23)/t14-/m0/s1. The summed E-state index contributed by atoms with van der Waals surface area (Å²) in [6, 6.07) is 13.8. The van der Waals surface area contributed by atoms with Gasteiger partial charge in [0.25, 0.3) is 5.91 Å². The smallest absolute Gasteiger partial charge is 0.338 e. The van der Waals surface area contributed by atoms with E-state index in [0.29, 0.717) is 5.56 Å². The van der Waals surface area contributed by atoms with Gasteiger partial charge in [0.1, 0.15) is 5.75 Å². The summed E-state index contributed by atoms with van der Waals surface area (Å²) in [5.41, 5.74) is 2.24. The van der Waals surface area contributed by atoms with Crippen LogP contribution in [0.5, 0.6) is 5.75 Å².